The minimum absolute atomic E-state index is 0.0152. The van der Waals surface area contributed by atoms with Crippen LogP contribution in [-0.2, 0) is 31.6 Å². The molecule has 0 spiro atoms. The van der Waals surface area contributed by atoms with Crippen molar-refractivity contribution < 1.29 is 41.7 Å². The number of rotatable bonds is 16. The number of hydrogen-bond acceptors (Lipinski definition) is 11. The molecule has 0 bridgehead atoms. The fraction of sp³-hybridized carbons (Fsp3) is 0.308. The van der Waals surface area contributed by atoms with Crippen LogP contribution in [0.3, 0.4) is 0 Å². The topological polar surface area (TPSA) is 142 Å². The van der Waals surface area contributed by atoms with Crippen molar-refractivity contribution >= 4 is 49.0 Å². The van der Waals surface area contributed by atoms with Crippen LogP contribution in [0, 0.1) is 6.92 Å². The number of nitrogens with zero attached hydrogens (tertiary/aromatic N) is 2. The molecule has 1 N–H and O–H groups in total. The molecule has 4 rings (SSSR count). The van der Waals surface area contributed by atoms with Gasteiger partial charge in [-0.3, -0.25) is 4.79 Å². The summed E-state index contributed by atoms with van der Waals surface area (Å²) in [4.78, 5) is 26.9. The van der Waals surface area contributed by atoms with Gasteiger partial charge in [-0.1, -0.05) is 53.6 Å². The number of carbonyl (C=O) groups is 2. The van der Waals surface area contributed by atoms with Gasteiger partial charge in [0, 0.05) is 24.9 Å². The zero-order chi connectivity index (χ0) is 39.5. The third-order valence-corrected chi connectivity index (χ3v) is 11.4. The van der Waals surface area contributed by atoms with Crippen LogP contribution in [0.4, 0.5) is 4.79 Å². The number of benzene rings is 4. The minimum Gasteiger partial charge on any atom is -0.497 e. The summed E-state index contributed by atoms with van der Waals surface area (Å²) in [5.41, 5.74) is 1.60. The summed E-state index contributed by atoms with van der Waals surface area (Å²) in [5.74, 6) is 1.08. The highest BCUT2D eigenvalue weighted by molar-refractivity contribution is 8.72. The second kappa shape index (κ2) is 18.9. The molecule has 0 heterocycles. The van der Waals surface area contributed by atoms with Gasteiger partial charge in [-0.25, -0.2) is 18.2 Å². The number of hydrazone groups is 1. The predicted octanol–water partition coefficient (Wildman–Crippen LogP) is 7.63. The highest BCUT2D eigenvalue weighted by Crippen LogP contribution is 2.39. The molecule has 0 aliphatic heterocycles. The molecular weight excluding hydrogens is 754 g/mol. The van der Waals surface area contributed by atoms with Crippen LogP contribution >= 0.6 is 22.4 Å². The first kappa shape index (κ1) is 41.8. The maximum Gasteiger partial charge on any atom is 0.430 e. The Hall–Kier alpha value is -4.92. The molecule has 12 nitrogen and oxygen atoms in total. The Morgan fingerprint density at radius 1 is 0.833 bits per heavy atom. The molecule has 54 heavy (non-hydrogen) atoms. The van der Waals surface area contributed by atoms with E-state index in [4.69, 9.17) is 35.3 Å². The molecule has 0 aromatic heterocycles. The molecule has 0 unspecified atom stereocenters. The first-order valence-electron chi connectivity index (χ1n) is 16.7. The summed E-state index contributed by atoms with van der Waals surface area (Å²) in [6.07, 6.45) is -0.820. The summed E-state index contributed by atoms with van der Waals surface area (Å²) in [5, 5.41) is 7.90. The molecule has 4 aromatic carbocycles. The maximum absolute atomic E-state index is 13.8. The van der Waals surface area contributed by atoms with Crippen molar-refractivity contribution in [1.29, 1.82) is 0 Å². The van der Waals surface area contributed by atoms with Crippen molar-refractivity contribution in [3.8, 4) is 23.0 Å². The second-order valence-electron chi connectivity index (χ2n) is 12.8. The van der Waals surface area contributed by atoms with Gasteiger partial charge in [0.2, 0.25) is 8.87 Å². The standard InChI is InChI=1S/C39H44ClN3O9S2/c1-26-8-18-31(19-9-26)54(46,47)53-23-22-41-37(44)35(42-43(5)38(45)52-39(2,3)4)32-20-21-33(50-24-27-10-14-29(48-6)15-11-27)36(34(32)40)51-25-28-12-16-30(49-7)17-13-28/h8-21H,22-25H2,1-7H3,(H,41,44)/b42-35-. The van der Waals surface area contributed by atoms with Crippen molar-refractivity contribution in [2.75, 3.05) is 33.6 Å². The van der Waals surface area contributed by atoms with Crippen molar-refractivity contribution in [2.45, 2.75) is 51.4 Å². The average molecular weight is 798 g/mol. The molecule has 4 aromatic rings. The second-order valence-corrected chi connectivity index (χ2v) is 17.3. The Labute approximate surface area is 325 Å². The average Bonchev–Trinajstić information content (AvgIpc) is 3.14. The first-order chi connectivity index (χ1) is 25.6. The van der Waals surface area contributed by atoms with E-state index in [1.165, 1.54) is 25.2 Å². The van der Waals surface area contributed by atoms with E-state index in [0.717, 1.165) is 21.7 Å². The third-order valence-electron chi connectivity index (χ3n) is 7.47. The van der Waals surface area contributed by atoms with Crippen LogP contribution in [0.1, 0.15) is 43.0 Å². The predicted molar refractivity (Wildman–Crippen MR) is 210 cm³/mol. The van der Waals surface area contributed by atoms with E-state index < -0.39 is 26.5 Å². The first-order valence-corrected chi connectivity index (χ1v) is 20.1. The Kier molecular flexibility index (Phi) is 14.6. The Morgan fingerprint density at radius 2 is 1.39 bits per heavy atom. The quantitative estimate of drug-likeness (QED) is 0.0521. The molecule has 0 aliphatic rings. The van der Waals surface area contributed by atoms with Gasteiger partial charge < -0.3 is 29.0 Å². The van der Waals surface area contributed by atoms with E-state index in [1.54, 1.807) is 65.3 Å². The number of ether oxygens (including phenoxy) is 5. The summed E-state index contributed by atoms with van der Waals surface area (Å²) in [7, 11) is 1.51. The van der Waals surface area contributed by atoms with Crippen molar-refractivity contribution in [3.63, 3.8) is 0 Å². The lowest BCUT2D eigenvalue weighted by Crippen LogP contribution is -2.37. The zero-order valence-corrected chi connectivity index (χ0v) is 33.6. The van der Waals surface area contributed by atoms with E-state index in [1.807, 2.05) is 43.3 Å². The van der Waals surface area contributed by atoms with E-state index in [-0.39, 0.29) is 58.2 Å². The van der Waals surface area contributed by atoms with Gasteiger partial charge >= 0.3 is 6.09 Å². The number of aryl methyl sites for hydroxylation is 1. The van der Waals surface area contributed by atoms with Crippen LogP contribution < -0.4 is 24.3 Å². The van der Waals surface area contributed by atoms with Crippen LogP contribution in [0.5, 0.6) is 23.0 Å². The largest absolute Gasteiger partial charge is 0.497 e. The van der Waals surface area contributed by atoms with Crippen LogP contribution in [0.2, 0.25) is 5.02 Å². The van der Waals surface area contributed by atoms with E-state index in [2.05, 4.69) is 10.4 Å². The summed E-state index contributed by atoms with van der Waals surface area (Å²) in [6, 6.07) is 24.2. The number of halogens is 1. The smallest absolute Gasteiger partial charge is 0.430 e. The van der Waals surface area contributed by atoms with Gasteiger partial charge in [0.1, 0.15) is 30.3 Å². The van der Waals surface area contributed by atoms with E-state index in [9.17, 15) is 18.0 Å². The molecule has 0 saturated heterocycles. The fourth-order valence-corrected chi connectivity index (χ4v) is 7.60. The van der Waals surface area contributed by atoms with Crippen LogP contribution in [-0.4, -0.2) is 70.3 Å². The van der Waals surface area contributed by atoms with Gasteiger partial charge in [0.05, 0.1) is 24.1 Å². The van der Waals surface area contributed by atoms with Gasteiger partial charge in [-0.15, -0.1) is 0 Å². The highest BCUT2D eigenvalue weighted by atomic mass is 35.5. The van der Waals surface area contributed by atoms with Crippen LogP contribution in [0.15, 0.2) is 94.9 Å². The molecule has 0 fully saturated rings. The van der Waals surface area contributed by atoms with Gasteiger partial charge in [-0.05, 0) is 98.1 Å². The van der Waals surface area contributed by atoms with Gasteiger partial charge in [0.15, 0.2) is 17.2 Å². The van der Waals surface area contributed by atoms with Gasteiger partial charge in [-0.2, -0.15) is 5.10 Å². The molecule has 288 valence electrons. The zero-order valence-electron chi connectivity index (χ0n) is 31.2. The monoisotopic (exact) mass is 797 g/mol. The molecule has 0 atom stereocenters. The third kappa shape index (κ3) is 12.1. The summed E-state index contributed by atoms with van der Waals surface area (Å²) in [6.45, 7) is 7.15. The lowest BCUT2D eigenvalue weighted by molar-refractivity contribution is -0.114. The summed E-state index contributed by atoms with van der Waals surface area (Å²) >= 11 is 7.04. The fourth-order valence-electron chi connectivity index (χ4n) is 4.64. The minimum atomic E-state index is -3.67. The molecular formula is C39H44ClN3O9S2. The van der Waals surface area contributed by atoms with Crippen LogP contribution in [0.25, 0.3) is 0 Å². The highest BCUT2D eigenvalue weighted by Gasteiger charge is 2.26. The lowest BCUT2D eigenvalue weighted by atomic mass is 10.1. The molecule has 0 saturated carbocycles. The SMILES string of the molecule is COc1ccc(COc2ccc(/C(=N/N(C)C(=O)OC(C)(C)C)C(=O)NCCSS(=O)(=O)c3ccc(C)cc3)c(Cl)c2OCc2ccc(OC)cc2)cc1. The Morgan fingerprint density at radius 3 is 1.93 bits per heavy atom. The Balaban J connectivity index is 1.66. The lowest BCUT2D eigenvalue weighted by Gasteiger charge is -2.23. The molecule has 0 radical (unpaired) electrons. The number of nitrogens with one attached hydrogen (secondary N) is 1. The number of hydrogen-bond donors (Lipinski definition) is 1. The van der Waals surface area contributed by atoms with Crippen molar-refractivity contribution in [1.82, 2.24) is 10.3 Å². The van der Waals surface area contributed by atoms with E-state index in [0.29, 0.717) is 22.3 Å². The number of methoxy groups -OCH3 is 2. The maximum atomic E-state index is 13.8. The molecule has 2 amide bonds. The van der Waals surface area contributed by atoms with E-state index >= 15 is 0 Å². The Bertz CT molecular complexity index is 2030. The number of amides is 2. The summed E-state index contributed by atoms with van der Waals surface area (Å²) < 4.78 is 54.1. The molecule has 15 heteroatoms. The normalized spacial score (nSPS) is 11.7. The number of carbonyl (C=O) groups excluding carboxylic acids is 2. The van der Waals surface area contributed by atoms with Gasteiger partial charge in [0.25, 0.3) is 5.91 Å². The van der Waals surface area contributed by atoms with Crippen molar-refractivity contribution in [2.24, 2.45) is 5.10 Å². The molecule has 0 aliphatic carbocycles. The van der Waals surface area contributed by atoms with Crippen molar-refractivity contribution in [3.05, 3.63) is 112 Å².